The number of halogens is 2. The van der Waals surface area contributed by atoms with Crippen LogP contribution in [0.1, 0.15) is 74.2 Å². The maximum absolute atomic E-state index is 16.1. The Morgan fingerprint density at radius 2 is 1.46 bits per heavy atom. The largest absolute Gasteiger partial charge is 0.737 e. The number of ether oxygens (including phenoxy) is 2. The van der Waals surface area contributed by atoms with Gasteiger partial charge in [-0.05, 0) is 97.3 Å². The number of fused-ring (bicyclic) bond motifs is 3. The summed E-state index contributed by atoms with van der Waals surface area (Å²) in [6, 6.07) is 21.0. The maximum atomic E-state index is 16.1. The number of carbonyl (C=O) groups is 3. The molecule has 0 saturated carbocycles. The number of imidazole rings is 1. The number of nitrogens with zero attached hydrogens (tertiary/aromatic N) is 5. The van der Waals surface area contributed by atoms with Crippen LogP contribution in [0.15, 0.2) is 106 Å². The van der Waals surface area contributed by atoms with Crippen LogP contribution in [-0.4, -0.2) is 91.3 Å². The summed E-state index contributed by atoms with van der Waals surface area (Å²) in [5, 5.41) is 10.2. The number of hydrogen-bond acceptors (Lipinski definition) is 9. The molecule has 6 heterocycles. The second kappa shape index (κ2) is 22.2. The summed E-state index contributed by atoms with van der Waals surface area (Å²) in [6.45, 7) is 0.982. The lowest BCUT2D eigenvalue weighted by molar-refractivity contribution is -0.360. The summed E-state index contributed by atoms with van der Waals surface area (Å²) in [5.74, 6) is 0.601. The number of H-pyrrole nitrogens is 1. The average Bonchev–Trinajstić information content (AvgIpc) is 4.20. The van der Waals surface area contributed by atoms with Gasteiger partial charge in [-0.3, -0.25) is 28.3 Å². The van der Waals surface area contributed by atoms with Gasteiger partial charge in [0.15, 0.2) is 30.3 Å². The van der Waals surface area contributed by atoms with Gasteiger partial charge in [0, 0.05) is 74.3 Å². The summed E-state index contributed by atoms with van der Waals surface area (Å²) >= 11 is 1.42. The second-order valence-electron chi connectivity index (χ2n) is 16.8. The zero-order valence-electron chi connectivity index (χ0n) is 38.9. The van der Waals surface area contributed by atoms with E-state index in [1.54, 1.807) is 91.0 Å². The first kappa shape index (κ1) is 48.8. The van der Waals surface area contributed by atoms with Crippen molar-refractivity contribution in [3.05, 3.63) is 139 Å². The Kier molecular flexibility index (Phi) is 15.5. The zero-order valence-corrected chi connectivity index (χ0v) is 39.7. The molecule has 0 aliphatic carbocycles. The van der Waals surface area contributed by atoms with Gasteiger partial charge in [-0.2, -0.15) is 0 Å². The highest BCUT2D eigenvalue weighted by molar-refractivity contribution is 7.12. The highest BCUT2D eigenvalue weighted by atomic mass is 32.1. The number of aromatic amines is 1. The fraction of sp³-hybridized carbons (Fsp3) is 0.300. The number of nitrogens with one attached hydrogen (secondary N) is 4. The molecule has 6 aromatic rings. The van der Waals surface area contributed by atoms with Gasteiger partial charge in [-0.25, -0.2) is 9.78 Å². The summed E-state index contributed by atoms with van der Waals surface area (Å²) in [4.78, 5) is 71.6. The number of unbranched alkanes of at least 4 members (excludes halogenated alkanes) is 2. The number of rotatable bonds is 23. The number of aromatic nitrogens is 5. The van der Waals surface area contributed by atoms with Crippen molar-refractivity contribution in [3.63, 3.8) is 0 Å². The van der Waals surface area contributed by atoms with Gasteiger partial charge in [0.25, 0.3) is 17.4 Å². The lowest BCUT2D eigenvalue weighted by Gasteiger charge is -2.30. The smallest absolute Gasteiger partial charge is 0.484 e. The molecule has 2 aliphatic heterocycles. The first-order valence-electron chi connectivity index (χ1n) is 23.5. The number of benzene rings is 2. The Morgan fingerprint density at radius 1 is 0.786 bits per heavy atom. The van der Waals surface area contributed by atoms with Crippen molar-refractivity contribution in [2.45, 2.75) is 65.5 Å². The van der Waals surface area contributed by atoms with Gasteiger partial charge >= 0.3 is 12.7 Å². The van der Waals surface area contributed by atoms with E-state index < -0.39 is 12.5 Å². The molecule has 0 fully saturated rings. The van der Waals surface area contributed by atoms with Crippen LogP contribution in [0.5, 0.6) is 11.5 Å². The van der Waals surface area contributed by atoms with Crippen LogP contribution < -0.4 is 36.7 Å². The van der Waals surface area contributed by atoms with Gasteiger partial charge in [0.05, 0.1) is 4.88 Å². The van der Waals surface area contributed by atoms with Crippen LogP contribution in [0.4, 0.5) is 8.63 Å². The lowest BCUT2D eigenvalue weighted by atomic mass is 9.90. The van der Waals surface area contributed by atoms with E-state index in [-0.39, 0.29) is 55.2 Å². The molecule has 3 amide bonds. The number of allylic oxidation sites excluding steroid dienone is 2. The third kappa shape index (κ3) is 11.1. The van der Waals surface area contributed by atoms with E-state index in [0.717, 1.165) is 25.8 Å². The van der Waals surface area contributed by atoms with Crippen molar-refractivity contribution in [2.24, 2.45) is 0 Å². The van der Waals surface area contributed by atoms with Crippen LogP contribution in [0.3, 0.4) is 0 Å². The van der Waals surface area contributed by atoms with Crippen molar-refractivity contribution >= 4 is 71.1 Å². The fourth-order valence-corrected chi connectivity index (χ4v) is 9.08. The van der Waals surface area contributed by atoms with E-state index >= 15 is 8.63 Å². The highest BCUT2D eigenvalue weighted by Crippen LogP contribution is 2.35. The maximum Gasteiger partial charge on any atom is 0.737 e. The van der Waals surface area contributed by atoms with Gasteiger partial charge in [0.2, 0.25) is 5.91 Å². The van der Waals surface area contributed by atoms with E-state index in [2.05, 4.69) is 25.9 Å². The number of thiophene rings is 1. The van der Waals surface area contributed by atoms with E-state index in [0.29, 0.717) is 103 Å². The topological polar surface area (TPSA) is 186 Å². The monoisotopic (exact) mass is 973 g/mol. The van der Waals surface area contributed by atoms with Crippen LogP contribution in [-0.2, 0) is 27.5 Å². The molecule has 0 unspecified atom stereocenters. The van der Waals surface area contributed by atoms with Crippen LogP contribution in [0.2, 0.25) is 0 Å². The molecule has 0 radical (unpaired) electrons. The normalized spacial score (nSPS) is 13.6. The molecule has 2 aliphatic rings. The summed E-state index contributed by atoms with van der Waals surface area (Å²) < 4.78 is 48.5. The summed E-state index contributed by atoms with van der Waals surface area (Å²) in [7, 11) is 0. The van der Waals surface area contributed by atoms with E-state index in [4.69, 9.17) is 9.47 Å². The molecule has 0 bridgehead atoms. The minimum absolute atomic E-state index is 0.140. The lowest BCUT2D eigenvalue weighted by Crippen LogP contribution is -2.50. The Morgan fingerprint density at radius 3 is 2.14 bits per heavy atom. The van der Waals surface area contributed by atoms with Crippen LogP contribution in [0.25, 0.3) is 40.8 Å². The summed E-state index contributed by atoms with van der Waals surface area (Å²) in [6.07, 6.45) is 12.4. The predicted molar refractivity (Wildman–Crippen MR) is 268 cm³/mol. The predicted octanol–water partition coefficient (Wildman–Crippen LogP) is 6.42. The molecule has 0 atom stereocenters. The van der Waals surface area contributed by atoms with Gasteiger partial charge < -0.3 is 48.0 Å². The number of amides is 3. The molecule has 4 N–H and O–H groups in total. The molecule has 0 saturated heterocycles. The standard InChI is InChI=1S/C50H54BF2N9O7S/c1-3-28-59-48-46(49(66)60(29-4-2)50(59)67)57-47(58-48)35-14-22-40(23-15-35)69-33-45(65)56-27-26-55-43(63)10-6-5-7-25-54-44(64)32-68-39-20-12-34(13-21-39)11-16-36-17-18-37-31-38-19-24-41(42-9-8-30-70-42)62(38)51(52,53)61(36)37/h8-9,11-24,30-31H,3-7,10,25-29,32-33H2,1-2H3,(H,54,64)(H,55,63)(H,56,65)(H,57,58). The van der Waals surface area contributed by atoms with Gasteiger partial charge in [-0.15, -0.1) is 11.3 Å². The SMILES string of the molecule is CCCn1c(=O)c2[nH]c(-c3ccc(OCC(=O)NCCNC(=O)CCCCCNC(=O)COc4ccc(C=Cc5ccc6n5[B-](F)(F)[N+]5=C(c7cccs7)C=CC5=C6)cc4)cc3)nc2n(CCC)c1=O. The first-order valence-corrected chi connectivity index (χ1v) is 24.3. The first-order chi connectivity index (χ1) is 33.9. The van der Waals surface area contributed by atoms with Crippen molar-refractivity contribution in [2.75, 3.05) is 32.8 Å². The average molecular weight is 974 g/mol. The van der Waals surface area contributed by atoms with Crippen LogP contribution >= 0.6 is 11.3 Å². The Balaban J connectivity index is 0.674. The zero-order chi connectivity index (χ0) is 49.2. The minimum Gasteiger partial charge on any atom is -0.484 e. The van der Waals surface area contributed by atoms with E-state index in [1.165, 1.54) is 20.5 Å². The Labute approximate surface area is 406 Å². The highest BCUT2D eigenvalue weighted by Gasteiger charge is 2.52. The molecule has 70 heavy (non-hydrogen) atoms. The molecule has 16 nitrogen and oxygen atoms in total. The third-order valence-corrected chi connectivity index (χ3v) is 12.6. The van der Waals surface area contributed by atoms with E-state index in [1.807, 2.05) is 31.4 Å². The van der Waals surface area contributed by atoms with Crippen molar-refractivity contribution < 1.29 is 37.0 Å². The third-order valence-electron chi connectivity index (χ3n) is 11.7. The van der Waals surface area contributed by atoms with Gasteiger partial charge in [-0.1, -0.05) is 44.5 Å². The Bertz CT molecular complexity index is 3110. The van der Waals surface area contributed by atoms with E-state index in [9.17, 15) is 24.0 Å². The fourth-order valence-electron chi connectivity index (χ4n) is 8.34. The Hall–Kier alpha value is -7.61. The molecule has 0 spiro atoms. The van der Waals surface area contributed by atoms with Crippen molar-refractivity contribution in [1.29, 1.82) is 0 Å². The molecule has 2 aromatic carbocycles. The number of aryl methyl sites for hydroxylation is 1. The van der Waals surface area contributed by atoms with Crippen molar-refractivity contribution in [3.8, 4) is 22.9 Å². The minimum atomic E-state index is -4.14. The second-order valence-corrected chi connectivity index (χ2v) is 17.8. The van der Waals surface area contributed by atoms with Gasteiger partial charge in [0.1, 0.15) is 22.8 Å². The molecule has 364 valence electrons. The molecule has 4 aromatic heterocycles. The van der Waals surface area contributed by atoms with Crippen LogP contribution in [0, 0.1) is 0 Å². The molecule has 20 heteroatoms. The number of hydrogen-bond donors (Lipinski definition) is 4. The molecular weight excluding hydrogens is 919 g/mol. The molecular formula is C50H54BF2N9O7S. The summed E-state index contributed by atoms with van der Waals surface area (Å²) in [5.41, 5.74) is 3.03. The quantitative estimate of drug-likeness (QED) is 0.0419. The number of carbonyl (C=O) groups excluding carboxylic acids is 3. The van der Waals surface area contributed by atoms with Crippen molar-refractivity contribution in [1.82, 2.24) is 39.5 Å². The molecule has 8 rings (SSSR count).